The number of aliphatic carboxylic acids is 1. The van der Waals surface area contributed by atoms with Crippen molar-refractivity contribution < 1.29 is 14.7 Å². The molecule has 0 bridgehead atoms. The fourth-order valence-electron chi connectivity index (χ4n) is 2.36. The van der Waals surface area contributed by atoms with Gasteiger partial charge in [-0.1, -0.05) is 12.8 Å². The van der Waals surface area contributed by atoms with Crippen LogP contribution in [0.15, 0.2) is 0 Å². The molecule has 2 amide bonds. The Balaban J connectivity index is 2.39. The molecule has 0 saturated heterocycles. The van der Waals surface area contributed by atoms with Crippen LogP contribution in [0.25, 0.3) is 0 Å². The Morgan fingerprint density at radius 1 is 1.33 bits per heavy atom. The molecule has 1 aliphatic rings. The molecule has 0 aromatic carbocycles. The van der Waals surface area contributed by atoms with E-state index < -0.39 is 11.5 Å². The highest BCUT2D eigenvalue weighted by atomic mass is 16.4. The maximum Gasteiger partial charge on any atom is 0.315 e. The van der Waals surface area contributed by atoms with Crippen LogP contribution in [0.2, 0.25) is 0 Å². The molecule has 5 heteroatoms. The monoisotopic (exact) mass is 252 g/mol. The summed E-state index contributed by atoms with van der Waals surface area (Å²) in [5.41, 5.74) is -0.567. The number of hydrogen-bond acceptors (Lipinski definition) is 2. The van der Waals surface area contributed by atoms with Gasteiger partial charge in [0.05, 0.1) is 12.0 Å². The molecule has 18 heavy (non-hydrogen) atoms. The molecule has 0 aromatic rings. The van der Waals surface area contributed by atoms with Gasteiger partial charge in [0.25, 0.3) is 0 Å². The van der Waals surface area contributed by atoms with E-state index in [1.807, 2.05) is 0 Å². The molecule has 3 N–H and O–H groups in total. The Bertz CT molecular complexity index is 341. The number of unbranched alkanes of at least 4 members (excludes halogenated alkanes) is 1. The summed E-state index contributed by atoms with van der Waals surface area (Å²) in [6.07, 6.45) is 9.85. The second-order valence-electron chi connectivity index (χ2n) is 4.75. The zero-order valence-electron chi connectivity index (χ0n) is 10.5. The first-order valence-corrected chi connectivity index (χ1v) is 6.29. The third-order valence-electron chi connectivity index (χ3n) is 3.21. The molecule has 0 atom stereocenters. The second-order valence-corrected chi connectivity index (χ2v) is 4.75. The van der Waals surface area contributed by atoms with Crippen LogP contribution in [0.4, 0.5) is 4.79 Å². The molecular formula is C13H20N2O3. The van der Waals surface area contributed by atoms with Gasteiger partial charge in [-0.2, -0.15) is 0 Å². The van der Waals surface area contributed by atoms with Crippen molar-refractivity contribution in [2.75, 3.05) is 6.54 Å². The van der Waals surface area contributed by atoms with Crippen molar-refractivity contribution in [3.8, 4) is 12.3 Å². The summed E-state index contributed by atoms with van der Waals surface area (Å²) in [6.45, 7) is 0.513. The van der Waals surface area contributed by atoms with Crippen molar-refractivity contribution >= 4 is 12.0 Å². The predicted molar refractivity (Wildman–Crippen MR) is 68.1 cm³/mol. The highest BCUT2D eigenvalue weighted by Crippen LogP contribution is 2.32. The van der Waals surface area contributed by atoms with E-state index in [1.54, 1.807) is 0 Å². The van der Waals surface area contributed by atoms with Gasteiger partial charge < -0.3 is 15.7 Å². The molecule has 0 spiro atoms. The first kappa shape index (κ1) is 14.4. The van der Waals surface area contributed by atoms with Gasteiger partial charge in [0, 0.05) is 13.0 Å². The minimum Gasteiger partial charge on any atom is -0.481 e. The van der Waals surface area contributed by atoms with Crippen LogP contribution in [-0.2, 0) is 4.79 Å². The number of carbonyl (C=O) groups excluding carboxylic acids is 1. The van der Waals surface area contributed by atoms with Crippen LogP contribution in [-0.4, -0.2) is 29.2 Å². The number of terminal acetylenes is 1. The van der Waals surface area contributed by atoms with Crippen LogP contribution >= 0.6 is 0 Å². The molecular weight excluding hydrogens is 232 g/mol. The van der Waals surface area contributed by atoms with E-state index in [1.165, 1.54) is 0 Å². The van der Waals surface area contributed by atoms with E-state index in [-0.39, 0.29) is 12.5 Å². The molecule has 1 fully saturated rings. The number of rotatable bonds is 6. The standard InChI is InChI=1S/C13H20N2O3/c1-2-3-6-9-14-12(18)15-13(10-11(16)17)7-4-5-8-13/h1H,3-10H2,(H,16,17)(H2,14,15,18). The van der Waals surface area contributed by atoms with E-state index >= 15 is 0 Å². The van der Waals surface area contributed by atoms with Crippen LogP contribution in [0.5, 0.6) is 0 Å². The Kier molecular flexibility index (Phi) is 5.50. The van der Waals surface area contributed by atoms with Gasteiger partial charge in [0.2, 0.25) is 0 Å². The van der Waals surface area contributed by atoms with Crippen LogP contribution in [0.3, 0.4) is 0 Å². The highest BCUT2D eigenvalue weighted by Gasteiger charge is 2.37. The van der Waals surface area contributed by atoms with Gasteiger partial charge in [-0.25, -0.2) is 4.79 Å². The zero-order valence-corrected chi connectivity index (χ0v) is 10.5. The number of urea groups is 1. The SMILES string of the molecule is C#CCCCNC(=O)NC1(CC(=O)O)CCCC1. The Morgan fingerprint density at radius 2 is 2.00 bits per heavy atom. The molecule has 1 aliphatic carbocycles. The summed E-state index contributed by atoms with van der Waals surface area (Å²) < 4.78 is 0. The second kappa shape index (κ2) is 6.90. The van der Waals surface area contributed by atoms with Gasteiger partial charge in [0.1, 0.15) is 0 Å². The van der Waals surface area contributed by atoms with Crippen molar-refractivity contribution in [1.82, 2.24) is 10.6 Å². The smallest absolute Gasteiger partial charge is 0.315 e. The number of nitrogens with one attached hydrogen (secondary N) is 2. The van der Waals surface area contributed by atoms with Gasteiger partial charge in [-0.05, 0) is 19.3 Å². The van der Waals surface area contributed by atoms with Crippen LogP contribution < -0.4 is 10.6 Å². The minimum absolute atomic E-state index is 0.00915. The lowest BCUT2D eigenvalue weighted by Crippen LogP contribution is -2.51. The molecule has 0 aliphatic heterocycles. The van der Waals surface area contributed by atoms with Crippen LogP contribution in [0, 0.1) is 12.3 Å². The first-order chi connectivity index (χ1) is 8.58. The quantitative estimate of drug-likeness (QED) is 0.495. The molecule has 1 saturated carbocycles. The lowest BCUT2D eigenvalue weighted by molar-refractivity contribution is -0.138. The highest BCUT2D eigenvalue weighted by molar-refractivity contribution is 5.76. The topological polar surface area (TPSA) is 78.4 Å². The molecule has 0 radical (unpaired) electrons. The Hall–Kier alpha value is -1.70. The summed E-state index contributed by atoms with van der Waals surface area (Å²) in [6, 6.07) is -0.296. The number of hydrogen-bond donors (Lipinski definition) is 3. The summed E-state index contributed by atoms with van der Waals surface area (Å²) in [7, 11) is 0. The van der Waals surface area contributed by atoms with Crippen molar-refractivity contribution in [2.45, 2.75) is 50.5 Å². The van der Waals surface area contributed by atoms with Crippen LogP contribution in [0.1, 0.15) is 44.9 Å². The summed E-state index contributed by atoms with van der Waals surface area (Å²) in [4.78, 5) is 22.5. The van der Waals surface area contributed by atoms with Crippen molar-refractivity contribution in [3.05, 3.63) is 0 Å². The molecule has 0 heterocycles. The summed E-state index contributed by atoms with van der Waals surface area (Å²) in [5, 5.41) is 14.4. The molecule has 5 nitrogen and oxygen atoms in total. The predicted octanol–water partition coefficient (Wildman–Crippen LogP) is 1.49. The zero-order chi connectivity index (χ0) is 13.4. The Morgan fingerprint density at radius 3 is 2.56 bits per heavy atom. The largest absolute Gasteiger partial charge is 0.481 e. The van der Waals surface area contributed by atoms with E-state index in [9.17, 15) is 9.59 Å². The van der Waals surface area contributed by atoms with E-state index in [0.29, 0.717) is 13.0 Å². The van der Waals surface area contributed by atoms with Gasteiger partial charge in [0.15, 0.2) is 0 Å². The Labute approximate surface area is 107 Å². The maximum absolute atomic E-state index is 11.7. The van der Waals surface area contributed by atoms with E-state index in [4.69, 9.17) is 11.5 Å². The molecule has 100 valence electrons. The van der Waals surface area contributed by atoms with E-state index in [2.05, 4.69) is 16.6 Å². The summed E-state index contributed by atoms with van der Waals surface area (Å²) in [5.74, 6) is 1.63. The van der Waals surface area contributed by atoms with Gasteiger partial charge in [-0.3, -0.25) is 4.79 Å². The lowest BCUT2D eigenvalue weighted by Gasteiger charge is -2.28. The molecule has 0 aromatic heterocycles. The third kappa shape index (κ3) is 4.66. The summed E-state index contributed by atoms with van der Waals surface area (Å²) >= 11 is 0. The fraction of sp³-hybridized carbons (Fsp3) is 0.692. The fourth-order valence-corrected chi connectivity index (χ4v) is 2.36. The average Bonchev–Trinajstić information content (AvgIpc) is 2.71. The number of carbonyl (C=O) groups is 2. The van der Waals surface area contributed by atoms with E-state index in [0.717, 1.165) is 32.1 Å². The third-order valence-corrected chi connectivity index (χ3v) is 3.21. The van der Waals surface area contributed by atoms with Gasteiger partial charge >= 0.3 is 12.0 Å². The number of carboxylic acid groups (broad SMARTS) is 1. The van der Waals surface area contributed by atoms with Crippen molar-refractivity contribution in [1.29, 1.82) is 0 Å². The average molecular weight is 252 g/mol. The maximum atomic E-state index is 11.7. The van der Waals surface area contributed by atoms with Crippen molar-refractivity contribution in [3.63, 3.8) is 0 Å². The van der Waals surface area contributed by atoms with Gasteiger partial charge in [-0.15, -0.1) is 12.3 Å². The minimum atomic E-state index is -0.871. The lowest BCUT2D eigenvalue weighted by atomic mass is 9.93. The first-order valence-electron chi connectivity index (χ1n) is 6.29. The number of amides is 2. The molecule has 0 unspecified atom stereocenters. The normalized spacial score (nSPS) is 16.8. The number of carboxylic acids is 1. The molecule has 1 rings (SSSR count). The van der Waals surface area contributed by atoms with Crippen molar-refractivity contribution in [2.24, 2.45) is 0 Å².